The first-order chi connectivity index (χ1) is 12.5. The third-order valence-corrected chi connectivity index (χ3v) is 7.13. The van der Waals surface area contributed by atoms with Crippen molar-refractivity contribution in [1.82, 2.24) is 20.4 Å². The van der Waals surface area contributed by atoms with Gasteiger partial charge in [0.2, 0.25) is 10.3 Å². The topological polar surface area (TPSA) is 73.4 Å². The van der Waals surface area contributed by atoms with Gasteiger partial charge in [-0.15, -0.1) is 10.2 Å². The molecule has 1 saturated carbocycles. The molecule has 0 radical (unpaired) electrons. The summed E-state index contributed by atoms with van der Waals surface area (Å²) in [5.74, 6) is 0. The highest BCUT2D eigenvalue weighted by molar-refractivity contribution is 7.19. The van der Waals surface area contributed by atoms with Gasteiger partial charge in [0.15, 0.2) is 0 Å². The number of carbonyl (C=O) groups excluding carboxylic acids is 1. The largest absolute Gasteiger partial charge is 0.347 e. The van der Waals surface area contributed by atoms with E-state index in [1.165, 1.54) is 50.1 Å². The first-order valence-corrected chi connectivity index (χ1v) is 10.7. The van der Waals surface area contributed by atoms with E-state index < -0.39 is 0 Å². The van der Waals surface area contributed by atoms with Crippen LogP contribution in [0.2, 0.25) is 0 Å². The van der Waals surface area contributed by atoms with Crippen LogP contribution >= 0.6 is 11.3 Å². The van der Waals surface area contributed by atoms with E-state index >= 15 is 0 Å². The predicted octanol–water partition coefficient (Wildman–Crippen LogP) is 2.91. The van der Waals surface area contributed by atoms with Crippen LogP contribution in [0.1, 0.15) is 52.4 Å². The highest BCUT2D eigenvalue weighted by atomic mass is 32.1. The molecule has 0 unspecified atom stereocenters. The van der Waals surface area contributed by atoms with E-state index in [0.29, 0.717) is 22.6 Å². The molecule has 1 spiro atoms. The summed E-state index contributed by atoms with van der Waals surface area (Å²) in [5, 5.41) is 15.8. The van der Waals surface area contributed by atoms with Gasteiger partial charge >= 0.3 is 6.03 Å². The summed E-state index contributed by atoms with van der Waals surface area (Å²) in [5.41, 5.74) is 0.522. The van der Waals surface area contributed by atoms with E-state index in [0.717, 1.165) is 31.1 Å². The molecule has 1 aliphatic carbocycles. The Labute approximate surface area is 159 Å². The molecule has 8 heteroatoms. The summed E-state index contributed by atoms with van der Waals surface area (Å²) in [6, 6.07) is 0.819. The normalized spacial score (nSPS) is 23.4. The van der Waals surface area contributed by atoms with Crippen LogP contribution < -0.4 is 15.5 Å². The van der Waals surface area contributed by atoms with Crippen molar-refractivity contribution in [2.45, 2.75) is 64.5 Å². The average Bonchev–Trinajstić information content (AvgIpc) is 3.24. The lowest BCUT2D eigenvalue weighted by Crippen LogP contribution is -2.62. The Kier molecular flexibility index (Phi) is 5.05. The van der Waals surface area contributed by atoms with Crippen LogP contribution in [0.4, 0.5) is 15.1 Å². The Morgan fingerprint density at radius 1 is 1.19 bits per heavy atom. The van der Waals surface area contributed by atoms with Gasteiger partial charge in [-0.3, -0.25) is 10.2 Å². The number of piperidine rings is 1. The van der Waals surface area contributed by atoms with E-state index in [4.69, 9.17) is 0 Å². The number of rotatable bonds is 4. The number of aromatic nitrogens is 2. The molecule has 3 aliphatic rings. The molecule has 144 valence electrons. The van der Waals surface area contributed by atoms with Gasteiger partial charge in [-0.25, -0.2) is 4.79 Å². The van der Waals surface area contributed by atoms with Gasteiger partial charge in [0.1, 0.15) is 0 Å². The number of carbonyl (C=O) groups is 1. The minimum atomic E-state index is -0.152. The number of likely N-dealkylation sites (tertiary alicyclic amines) is 1. The van der Waals surface area contributed by atoms with Crippen molar-refractivity contribution < 1.29 is 4.79 Å². The van der Waals surface area contributed by atoms with Gasteiger partial charge in [-0.05, 0) is 44.9 Å². The van der Waals surface area contributed by atoms with Crippen LogP contribution in [-0.2, 0) is 0 Å². The molecule has 2 amide bonds. The molecule has 7 nitrogen and oxygen atoms in total. The summed E-state index contributed by atoms with van der Waals surface area (Å²) in [6.07, 6.45) is 7.02. The molecule has 3 fully saturated rings. The number of nitrogens with one attached hydrogen (secondary N) is 2. The fourth-order valence-electron chi connectivity index (χ4n) is 4.45. The fourth-order valence-corrected chi connectivity index (χ4v) is 5.24. The average molecular weight is 379 g/mol. The Morgan fingerprint density at radius 3 is 2.54 bits per heavy atom. The highest BCUT2D eigenvalue weighted by Crippen LogP contribution is 2.42. The van der Waals surface area contributed by atoms with Gasteiger partial charge in [0.25, 0.3) is 0 Å². The van der Waals surface area contributed by atoms with Crippen molar-refractivity contribution in [2.75, 3.05) is 36.4 Å². The third kappa shape index (κ3) is 3.81. The molecular formula is C18H30N6OS. The van der Waals surface area contributed by atoms with Crippen LogP contribution in [0.15, 0.2) is 0 Å². The zero-order valence-corrected chi connectivity index (χ0v) is 16.6. The molecule has 2 N–H and O–H groups in total. The molecule has 26 heavy (non-hydrogen) atoms. The van der Waals surface area contributed by atoms with Crippen LogP contribution in [0, 0.1) is 5.41 Å². The maximum absolute atomic E-state index is 12.1. The van der Waals surface area contributed by atoms with Crippen molar-refractivity contribution >= 4 is 27.6 Å². The van der Waals surface area contributed by atoms with Crippen molar-refractivity contribution in [1.29, 1.82) is 0 Å². The quantitative estimate of drug-likeness (QED) is 0.843. The van der Waals surface area contributed by atoms with E-state index in [-0.39, 0.29) is 6.03 Å². The highest BCUT2D eigenvalue weighted by Gasteiger charge is 2.45. The number of urea groups is 1. The lowest BCUT2D eigenvalue weighted by Gasteiger charge is -2.55. The summed E-state index contributed by atoms with van der Waals surface area (Å²) in [7, 11) is 0. The fraction of sp³-hybridized carbons (Fsp3) is 0.833. The molecule has 0 aromatic carbocycles. The molecule has 3 heterocycles. The number of hydrogen-bond acceptors (Lipinski definition) is 6. The lowest BCUT2D eigenvalue weighted by atomic mass is 9.71. The number of hydrogen-bond donors (Lipinski definition) is 2. The molecule has 0 atom stereocenters. The third-order valence-electron chi connectivity index (χ3n) is 6.23. The molecule has 1 aromatic heterocycles. The standard InChI is InChI=1S/C18H30N6OS/c1-13(2)24-11-18(12-24)7-9-23(10-8-18)17-22-21-16(26-17)20-15(25)19-14-5-3-4-6-14/h13-14H,3-12H2,1-2H3,(H2,19,20,21,25). The maximum atomic E-state index is 12.1. The van der Waals surface area contributed by atoms with Crippen LogP contribution in [0.3, 0.4) is 0 Å². The van der Waals surface area contributed by atoms with Crippen molar-refractivity contribution in [3.05, 3.63) is 0 Å². The second kappa shape index (κ2) is 7.31. The number of amides is 2. The monoisotopic (exact) mass is 378 g/mol. The van der Waals surface area contributed by atoms with Crippen molar-refractivity contribution in [2.24, 2.45) is 5.41 Å². The Morgan fingerprint density at radius 2 is 1.88 bits per heavy atom. The molecule has 2 saturated heterocycles. The van der Waals surface area contributed by atoms with Gasteiger partial charge in [-0.1, -0.05) is 24.2 Å². The smallest absolute Gasteiger partial charge is 0.321 e. The zero-order valence-electron chi connectivity index (χ0n) is 15.8. The number of anilines is 2. The summed E-state index contributed by atoms with van der Waals surface area (Å²) < 4.78 is 0. The molecule has 4 rings (SSSR count). The lowest BCUT2D eigenvalue weighted by molar-refractivity contribution is -0.0380. The first kappa shape index (κ1) is 18.0. The van der Waals surface area contributed by atoms with E-state index in [1.54, 1.807) is 0 Å². The Bertz CT molecular complexity index is 625. The molecule has 0 bridgehead atoms. The second-order valence-electron chi connectivity index (χ2n) is 8.46. The Balaban J connectivity index is 1.25. The summed E-state index contributed by atoms with van der Waals surface area (Å²) >= 11 is 1.48. The van der Waals surface area contributed by atoms with Crippen LogP contribution in [0.5, 0.6) is 0 Å². The van der Waals surface area contributed by atoms with Crippen molar-refractivity contribution in [3.63, 3.8) is 0 Å². The van der Waals surface area contributed by atoms with E-state index in [1.807, 2.05) is 0 Å². The minimum absolute atomic E-state index is 0.152. The van der Waals surface area contributed by atoms with Crippen molar-refractivity contribution in [3.8, 4) is 0 Å². The van der Waals surface area contributed by atoms with Gasteiger partial charge in [0, 0.05) is 38.3 Å². The van der Waals surface area contributed by atoms with Gasteiger partial charge in [0.05, 0.1) is 0 Å². The van der Waals surface area contributed by atoms with Crippen LogP contribution in [-0.4, -0.2) is 59.4 Å². The molecular weight excluding hydrogens is 348 g/mol. The summed E-state index contributed by atoms with van der Waals surface area (Å²) in [6.45, 7) is 9.11. The van der Waals surface area contributed by atoms with Crippen LogP contribution in [0.25, 0.3) is 0 Å². The number of nitrogens with zero attached hydrogens (tertiary/aromatic N) is 4. The van der Waals surface area contributed by atoms with Gasteiger partial charge < -0.3 is 10.2 Å². The molecule has 1 aromatic rings. The maximum Gasteiger partial charge on any atom is 0.321 e. The van der Waals surface area contributed by atoms with Gasteiger partial charge in [-0.2, -0.15) is 0 Å². The SMILES string of the molecule is CC(C)N1CC2(CCN(c3nnc(NC(=O)NC4CCCC4)s3)CC2)C1. The Hall–Kier alpha value is -1.41. The predicted molar refractivity (Wildman–Crippen MR) is 105 cm³/mol. The first-order valence-electron chi connectivity index (χ1n) is 9.93. The summed E-state index contributed by atoms with van der Waals surface area (Å²) in [4.78, 5) is 17.0. The minimum Gasteiger partial charge on any atom is -0.347 e. The second-order valence-corrected chi connectivity index (χ2v) is 9.41. The van der Waals surface area contributed by atoms with E-state index in [9.17, 15) is 4.79 Å². The zero-order chi connectivity index (χ0) is 18.1. The van der Waals surface area contributed by atoms with E-state index in [2.05, 4.69) is 44.5 Å². The molecule has 2 aliphatic heterocycles.